The average Bonchev–Trinajstić information content (AvgIpc) is 2.81. The average molecular weight is 283 g/mol. The van der Waals surface area contributed by atoms with Gasteiger partial charge in [-0.15, -0.1) is 0 Å². The zero-order chi connectivity index (χ0) is 14.0. The second-order valence-electron chi connectivity index (χ2n) is 4.89. The van der Waals surface area contributed by atoms with Crippen molar-refractivity contribution in [1.82, 2.24) is 4.72 Å². The fraction of sp³-hybridized carbons (Fsp3) is 0.462. The molecule has 0 bridgehead atoms. The maximum absolute atomic E-state index is 12.3. The second kappa shape index (κ2) is 5.30. The van der Waals surface area contributed by atoms with Gasteiger partial charge < -0.3 is 5.11 Å². The highest BCUT2D eigenvalue weighted by molar-refractivity contribution is 7.89. The zero-order valence-corrected chi connectivity index (χ0v) is 11.5. The number of aromatic carboxylic acids is 1. The third-order valence-corrected chi connectivity index (χ3v) is 5.06. The Morgan fingerprint density at radius 3 is 2.53 bits per heavy atom. The molecule has 1 fully saturated rings. The Bertz CT molecular complexity index is 589. The molecule has 1 saturated carbocycles. The maximum atomic E-state index is 12.3. The van der Waals surface area contributed by atoms with E-state index in [1.54, 1.807) is 6.92 Å². The predicted octanol–water partition coefficient (Wildman–Crippen LogP) is 1.91. The number of nitrogens with one attached hydrogen (secondary N) is 1. The molecule has 6 heteroatoms. The molecule has 19 heavy (non-hydrogen) atoms. The summed E-state index contributed by atoms with van der Waals surface area (Å²) in [6, 6.07) is 4.12. The van der Waals surface area contributed by atoms with Crippen molar-refractivity contribution < 1.29 is 18.3 Å². The van der Waals surface area contributed by atoms with Gasteiger partial charge in [-0.3, -0.25) is 0 Å². The summed E-state index contributed by atoms with van der Waals surface area (Å²) >= 11 is 0. The van der Waals surface area contributed by atoms with Gasteiger partial charge in [-0.25, -0.2) is 17.9 Å². The summed E-state index contributed by atoms with van der Waals surface area (Å²) < 4.78 is 27.2. The van der Waals surface area contributed by atoms with Crippen LogP contribution >= 0.6 is 0 Å². The van der Waals surface area contributed by atoms with E-state index >= 15 is 0 Å². The normalized spacial score (nSPS) is 16.7. The molecule has 1 aromatic carbocycles. The Morgan fingerprint density at radius 2 is 1.95 bits per heavy atom. The van der Waals surface area contributed by atoms with Crippen LogP contribution in [0.25, 0.3) is 0 Å². The first-order valence-corrected chi connectivity index (χ1v) is 7.75. The standard InChI is InChI=1S/C13H17NO4S/c1-9-6-7-10(13(15)16)8-12(9)19(17,18)14-11-4-2-3-5-11/h6-8,11,14H,2-5H2,1H3,(H,15,16). The lowest BCUT2D eigenvalue weighted by molar-refractivity contribution is 0.0696. The molecule has 104 valence electrons. The largest absolute Gasteiger partial charge is 0.478 e. The fourth-order valence-corrected chi connectivity index (χ4v) is 3.92. The molecule has 5 nitrogen and oxygen atoms in total. The highest BCUT2D eigenvalue weighted by Gasteiger charge is 2.24. The van der Waals surface area contributed by atoms with Crippen LogP contribution in [0.15, 0.2) is 23.1 Å². The van der Waals surface area contributed by atoms with Crippen LogP contribution in [0.3, 0.4) is 0 Å². The van der Waals surface area contributed by atoms with Gasteiger partial charge in [0.1, 0.15) is 0 Å². The topological polar surface area (TPSA) is 83.5 Å². The molecule has 0 amide bonds. The van der Waals surface area contributed by atoms with Crippen molar-refractivity contribution in [2.24, 2.45) is 0 Å². The minimum absolute atomic E-state index is 0.0163. The molecule has 2 N–H and O–H groups in total. The van der Waals surface area contributed by atoms with Crippen molar-refractivity contribution in [3.8, 4) is 0 Å². The van der Waals surface area contributed by atoms with Crippen LogP contribution < -0.4 is 4.72 Å². The summed E-state index contributed by atoms with van der Waals surface area (Å²) in [6.07, 6.45) is 3.75. The molecular formula is C13H17NO4S. The Hall–Kier alpha value is -1.40. The molecule has 2 rings (SSSR count). The molecule has 1 aliphatic carbocycles. The SMILES string of the molecule is Cc1ccc(C(=O)O)cc1S(=O)(=O)NC1CCCC1. The lowest BCUT2D eigenvalue weighted by Gasteiger charge is -2.14. The van der Waals surface area contributed by atoms with Gasteiger partial charge in [-0.2, -0.15) is 0 Å². The molecule has 0 saturated heterocycles. The molecular weight excluding hydrogens is 266 g/mol. The Labute approximate surface area is 112 Å². The van der Waals surface area contributed by atoms with Gasteiger partial charge in [-0.05, 0) is 37.5 Å². The number of benzene rings is 1. The van der Waals surface area contributed by atoms with E-state index in [-0.39, 0.29) is 16.5 Å². The highest BCUT2D eigenvalue weighted by atomic mass is 32.2. The molecule has 0 aliphatic heterocycles. The van der Waals surface area contributed by atoms with Gasteiger partial charge in [0.2, 0.25) is 10.0 Å². The van der Waals surface area contributed by atoms with Gasteiger partial charge in [0.05, 0.1) is 10.5 Å². The number of aryl methyl sites for hydroxylation is 1. The van der Waals surface area contributed by atoms with Crippen LogP contribution in [0, 0.1) is 6.92 Å². The number of carboxylic acid groups (broad SMARTS) is 1. The van der Waals surface area contributed by atoms with Crippen LogP contribution in [-0.2, 0) is 10.0 Å². The molecule has 0 aromatic heterocycles. The van der Waals surface area contributed by atoms with E-state index in [1.807, 2.05) is 0 Å². The first-order valence-electron chi connectivity index (χ1n) is 6.26. The molecule has 0 radical (unpaired) electrons. The molecule has 1 aromatic rings. The van der Waals surface area contributed by atoms with Gasteiger partial charge >= 0.3 is 5.97 Å². The van der Waals surface area contributed by atoms with Crippen LogP contribution in [0.5, 0.6) is 0 Å². The summed E-state index contributed by atoms with van der Waals surface area (Å²) in [5, 5.41) is 8.93. The van der Waals surface area contributed by atoms with Gasteiger partial charge in [0.15, 0.2) is 0 Å². The quantitative estimate of drug-likeness (QED) is 0.884. The van der Waals surface area contributed by atoms with E-state index in [9.17, 15) is 13.2 Å². The van der Waals surface area contributed by atoms with Crippen molar-refractivity contribution in [2.45, 2.75) is 43.5 Å². The minimum atomic E-state index is -3.64. The van der Waals surface area contributed by atoms with Crippen molar-refractivity contribution in [3.63, 3.8) is 0 Å². The van der Waals surface area contributed by atoms with Crippen molar-refractivity contribution >= 4 is 16.0 Å². The monoisotopic (exact) mass is 283 g/mol. The van der Waals surface area contributed by atoms with Gasteiger partial charge in [0, 0.05) is 6.04 Å². The van der Waals surface area contributed by atoms with E-state index in [1.165, 1.54) is 18.2 Å². The third kappa shape index (κ3) is 3.13. The van der Waals surface area contributed by atoms with E-state index in [0.29, 0.717) is 5.56 Å². The molecule has 0 atom stereocenters. The van der Waals surface area contributed by atoms with Gasteiger partial charge in [0.25, 0.3) is 0 Å². The summed E-state index contributed by atoms with van der Waals surface area (Å²) in [5.74, 6) is -1.13. The van der Waals surface area contributed by atoms with Crippen molar-refractivity contribution in [2.75, 3.05) is 0 Å². The minimum Gasteiger partial charge on any atom is -0.478 e. The van der Waals surface area contributed by atoms with Crippen LogP contribution in [0.4, 0.5) is 0 Å². The van der Waals surface area contributed by atoms with Crippen LogP contribution in [0.1, 0.15) is 41.6 Å². The first-order chi connectivity index (χ1) is 8.90. The third-order valence-electron chi connectivity index (χ3n) is 3.40. The molecule has 0 unspecified atom stereocenters. The summed E-state index contributed by atoms with van der Waals surface area (Å²) in [4.78, 5) is 11.0. The van der Waals surface area contributed by atoms with E-state index in [0.717, 1.165) is 25.7 Å². The Balaban J connectivity index is 2.33. The number of sulfonamides is 1. The first kappa shape index (κ1) is 14.0. The Kier molecular flexibility index (Phi) is 3.91. The van der Waals surface area contributed by atoms with Crippen LogP contribution in [-0.4, -0.2) is 25.5 Å². The number of hydrogen-bond donors (Lipinski definition) is 2. The fourth-order valence-electron chi connectivity index (χ4n) is 2.35. The number of hydrogen-bond acceptors (Lipinski definition) is 3. The molecule has 0 spiro atoms. The lowest BCUT2D eigenvalue weighted by atomic mass is 10.1. The maximum Gasteiger partial charge on any atom is 0.335 e. The zero-order valence-electron chi connectivity index (χ0n) is 10.7. The number of carboxylic acids is 1. The van der Waals surface area contributed by atoms with E-state index in [4.69, 9.17) is 5.11 Å². The second-order valence-corrected chi connectivity index (χ2v) is 6.57. The highest BCUT2D eigenvalue weighted by Crippen LogP contribution is 2.22. The molecule has 1 aliphatic rings. The summed E-state index contributed by atoms with van der Waals surface area (Å²) in [7, 11) is -3.64. The number of carbonyl (C=O) groups is 1. The van der Waals surface area contributed by atoms with Crippen molar-refractivity contribution in [1.29, 1.82) is 0 Å². The van der Waals surface area contributed by atoms with E-state index < -0.39 is 16.0 Å². The lowest BCUT2D eigenvalue weighted by Crippen LogP contribution is -2.33. The van der Waals surface area contributed by atoms with Crippen LogP contribution in [0.2, 0.25) is 0 Å². The smallest absolute Gasteiger partial charge is 0.335 e. The summed E-state index contributed by atoms with van der Waals surface area (Å²) in [5.41, 5.74) is 0.535. The summed E-state index contributed by atoms with van der Waals surface area (Å²) in [6.45, 7) is 1.66. The predicted molar refractivity (Wildman–Crippen MR) is 70.7 cm³/mol. The Morgan fingerprint density at radius 1 is 1.32 bits per heavy atom. The number of rotatable bonds is 4. The van der Waals surface area contributed by atoms with Crippen molar-refractivity contribution in [3.05, 3.63) is 29.3 Å². The van der Waals surface area contributed by atoms with Gasteiger partial charge in [-0.1, -0.05) is 18.9 Å². The molecule has 0 heterocycles. The van der Waals surface area contributed by atoms with E-state index in [2.05, 4.69) is 4.72 Å².